The van der Waals surface area contributed by atoms with Crippen LogP contribution in [0, 0.1) is 17.0 Å². The van der Waals surface area contributed by atoms with Crippen molar-refractivity contribution in [1.82, 2.24) is 0 Å². The number of hydrogen-bond acceptors (Lipinski definition) is 6. The summed E-state index contributed by atoms with van der Waals surface area (Å²) >= 11 is 0. The lowest BCUT2D eigenvalue weighted by molar-refractivity contribution is -0.384. The van der Waals surface area contributed by atoms with Crippen molar-refractivity contribution >= 4 is 28.9 Å². The number of anilines is 2. The lowest BCUT2D eigenvalue weighted by atomic mass is 9.69. The van der Waals surface area contributed by atoms with Crippen LogP contribution in [0.15, 0.2) is 109 Å². The van der Waals surface area contributed by atoms with Crippen molar-refractivity contribution in [3.63, 3.8) is 0 Å². The van der Waals surface area contributed by atoms with E-state index in [4.69, 9.17) is 4.84 Å². The van der Waals surface area contributed by atoms with Crippen LogP contribution in [-0.2, 0) is 19.8 Å². The number of hydrogen-bond donors (Lipinski definition) is 0. The summed E-state index contributed by atoms with van der Waals surface area (Å²) < 4.78 is 0. The van der Waals surface area contributed by atoms with E-state index in [9.17, 15) is 19.7 Å². The van der Waals surface area contributed by atoms with Crippen molar-refractivity contribution < 1.29 is 19.3 Å². The van der Waals surface area contributed by atoms with Gasteiger partial charge in [0.15, 0.2) is 6.10 Å². The summed E-state index contributed by atoms with van der Waals surface area (Å²) in [6.07, 6.45) is -1.19. The zero-order valence-electron chi connectivity index (χ0n) is 20.4. The van der Waals surface area contributed by atoms with E-state index < -0.39 is 34.3 Å². The van der Waals surface area contributed by atoms with E-state index in [1.807, 2.05) is 79.7 Å². The Kier molecular flexibility index (Phi) is 5.54. The Balaban J connectivity index is 1.61. The molecule has 2 heterocycles. The third kappa shape index (κ3) is 3.42. The Morgan fingerprint density at radius 3 is 2.00 bits per heavy atom. The molecule has 0 radical (unpaired) electrons. The topological polar surface area (TPSA) is 93.0 Å². The molecule has 188 valence electrons. The van der Waals surface area contributed by atoms with E-state index in [2.05, 4.69) is 0 Å². The van der Waals surface area contributed by atoms with Crippen LogP contribution in [0.25, 0.3) is 0 Å². The number of benzene rings is 4. The summed E-state index contributed by atoms with van der Waals surface area (Å²) in [5.74, 6) is -0.936. The summed E-state index contributed by atoms with van der Waals surface area (Å²) in [5.41, 5.74) is 1.74. The second-order valence-corrected chi connectivity index (χ2v) is 9.45. The number of nitro groups is 1. The van der Waals surface area contributed by atoms with E-state index >= 15 is 0 Å². The number of non-ortho nitro benzene ring substituents is 1. The smallest absolute Gasteiger partial charge is 0.269 e. The molecule has 0 bridgehead atoms. The molecule has 3 unspecified atom stereocenters. The van der Waals surface area contributed by atoms with E-state index in [0.29, 0.717) is 16.9 Å². The number of amides is 2. The minimum absolute atomic E-state index is 0.107. The highest BCUT2D eigenvalue weighted by Gasteiger charge is 2.72. The molecule has 8 heteroatoms. The highest BCUT2D eigenvalue weighted by atomic mass is 16.7. The van der Waals surface area contributed by atoms with Crippen molar-refractivity contribution in [2.45, 2.75) is 24.5 Å². The van der Waals surface area contributed by atoms with Gasteiger partial charge < -0.3 is 0 Å². The van der Waals surface area contributed by atoms with Crippen molar-refractivity contribution in [3.8, 4) is 0 Å². The normalized spacial score (nSPS) is 22.6. The fraction of sp³-hybridized carbons (Fsp3) is 0.133. The van der Waals surface area contributed by atoms with Crippen molar-refractivity contribution in [3.05, 3.63) is 136 Å². The molecule has 2 amide bonds. The molecule has 0 spiro atoms. The van der Waals surface area contributed by atoms with Crippen LogP contribution in [0.2, 0.25) is 0 Å². The number of aryl methyl sites for hydroxylation is 1. The molecule has 38 heavy (non-hydrogen) atoms. The molecular formula is C30H23N3O5. The van der Waals surface area contributed by atoms with Gasteiger partial charge in [0.2, 0.25) is 5.91 Å². The number of rotatable bonds is 5. The molecule has 0 aliphatic carbocycles. The monoisotopic (exact) mass is 505 g/mol. The van der Waals surface area contributed by atoms with Gasteiger partial charge in [0, 0.05) is 12.1 Å². The van der Waals surface area contributed by atoms with Gasteiger partial charge in [-0.1, -0.05) is 78.4 Å². The minimum Gasteiger partial charge on any atom is -0.273 e. The van der Waals surface area contributed by atoms with Crippen LogP contribution in [0.5, 0.6) is 0 Å². The van der Waals surface area contributed by atoms with Crippen LogP contribution >= 0.6 is 0 Å². The van der Waals surface area contributed by atoms with Gasteiger partial charge in [-0.05, 0) is 42.3 Å². The Labute approximate surface area is 218 Å². The first kappa shape index (κ1) is 23.6. The van der Waals surface area contributed by atoms with Crippen LogP contribution in [0.1, 0.15) is 22.7 Å². The fourth-order valence-electron chi connectivity index (χ4n) is 5.51. The van der Waals surface area contributed by atoms with Gasteiger partial charge in [0.05, 0.1) is 16.3 Å². The molecule has 2 fully saturated rings. The van der Waals surface area contributed by atoms with Crippen LogP contribution < -0.4 is 9.96 Å². The summed E-state index contributed by atoms with van der Waals surface area (Å²) in [5, 5.41) is 13.0. The maximum Gasteiger partial charge on any atom is 0.269 e. The SMILES string of the molecule is Cc1ccc(N2C(=O)C3ON(c4ccccc4)C(c4ccccc4)C3(c3ccc([N+](=O)[O-])cc3)C2=O)cc1. The van der Waals surface area contributed by atoms with Gasteiger partial charge in [-0.25, -0.2) is 9.96 Å². The van der Waals surface area contributed by atoms with Crippen molar-refractivity contribution in [1.29, 1.82) is 0 Å². The summed E-state index contributed by atoms with van der Waals surface area (Å²) in [7, 11) is 0. The van der Waals surface area contributed by atoms with Crippen molar-refractivity contribution in [2.24, 2.45) is 0 Å². The van der Waals surface area contributed by atoms with Crippen LogP contribution in [0.4, 0.5) is 17.1 Å². The number of hydroxylamine groups is 1. The highest BCUT2D eigenvalue weighted by molar-refractivity contribution is 6.28. The largest absolute Gasteiger partial charge is 0.273 e. The maximum atomic E-state index is 14.6. The molecule has 8 nitrogen and oxygen atoms in total. The summed E-state index contributed by atoms with van der Waals surface area (Å²) in [6, 6.07) is 31.0. The molecule has 4 aromatic carbocycles. The summed E-state index contributed by atoms with van der Waals surface area (Å²) in [6.45, 7) is 1.93. The van der Waals surface area contributed by atoms with E-state index in [0.717, 1.165) is 11.1 Å². The number of carbonyl (C=O) groups is 2. The molecule has 0 saturated carbocycles. The van der Waals surface area contributed by atoms with Gasteiger partial charge in [0.1, 0.15) is 11.5 Å². The molecule has 0 aromatic heterocycles. The van der Waals surface area contributed by atoms with Crippen LogP contribution in [-0.4, -0.2) is 22.8 Å². The lowest BCUT2D eigenvalue weighted by Crippen LogP contribution is -2.46. The van der Waals surface area contributed by atoms with Crippen LogP contribution in [0.3, 0.4) is 0 Å². The second-order valence-electron chi connectivity index (χ2n) is 9.45. The minimum atomic E-state index is -1.51. The Morgan fingerprint density at radius 2 is 1.39 bits per heavy atom. The van der Waals surface area contributed by atoms with E-state index in [-0.39, 0.29) is 5.69 Å². The highest BCUT2D eigenvalue weighted by Crippen LogP contribution is 2.57. The number of nitrogens with zero attached hydrogens (tertiary/aromatic N) is 3. The molecule has 2 aliphatic heterocycles. The van der Waals surface area contributed by atoms with E-state index in [1.165, 1.54) is 17.0 Å². The number of carbonyl (C=O) groups excluding carboxylic acids is 2. The maximum absolute atomic E-state index is 14.6. The van der Waals surface area contributed by atoms with Gasteiger partial charge in [0.25, 0.3) is 11.6 Å². The molecular weight excluding hydrogens is 482 g/mol. The van der Waals surface area contributed by atoms with Gasteiger partial charge in [-0.2, -0.15) is 0 Å². The third-order valence-corrected chi connectivity index (χ3v) is 7.27. The number of fused-ring (bicyclic) bond motifs is 1. The van der Waals surface area contributed by atoms with Crippen molar-refractivity contribution in [2.75, 3.05) is 9.96 Å². The van der Waals surface area contributed by atoms with Gasteiger partial charge in [-0.15, -0.1) is 0 Å². The molecule has 4 aromatic rings. The number of imide groups is 1. The third-order valence-electron chi connectivity index (χ3n) is 7.27. The molecule has 0 N–H and O–H groups in total. The fourth-order valence-corrected chi connectivity index (χ4v) is 5.51. The number of nitro benzene ring substituents is 1. The molecule has 2 aliphatic rings. The van der Waals surface area contributed by atoms with E-state index in [1.54, 1.807) is 29.3 Å². The molecule has 2 saturated heterocycles. The molecule has 6 rings (SSSR count). The Hall–Kier alpha value is -4.82. The average Bonchev–Trinajstić information content (AvgIpc) is 3.41. The number of para-hydroxylation sites is 1. The zero-order chi connectivity index (χ0) is 26.4. The van der Waals surface area contributed by atoms with Gasteiger partial charge >= 0.3 is 0 Å². The predicted octanol–water partition coefficient (Wildman–Crippen LogP) is 5.28. The zero-order valence-corrected chi connectivity index (χ0v) is 20.4. The Bertz CT molecular complexity index is 1520. The lowest BCUT2D eigenvalue weighted by Gasteiger charge is -2.35. The second kappa shape index (κ2) is 8.93. The Morgan fingerprint density at radius 1 is 0.789 bits per heavy atom. The quantitative estimate of drug-likeness (QED) is 0.208. The first-order valence-corrected chi connectivity index (χ1v) is 12.2. The van der Waals surface area contributed by atoms with Gasteiger partial charge in [-0.3, -0.25) is 24.5 Å². The molecule has 3 atom stereocenters. The summed E-state index contributed by atoms with van der Waals surface area (Å²) in [4.78, 5) is 47.2. The average molecular weight is 506 g/mol. The first-order valence-electron chi connectivity index (χ1n) is 12.2. The first-order chi connectivity index (χ1) is 18.4. The standard InChI is InChI=1S/C30H23N3O5/c1-20-12-16-23(17-13-20)31-28(34)27-30(29(31)35,22-14-18-25(19-15-22)33(36)37)26(21-8-4-2-5-9-21)32(38-27)24-10-6-3-7-11-24/h2-19,26-27H,1H3. The predicted molar refractivity (Wildman–Crippen MR) is 141 cm³/mol.